The number of allylic oxidation sites excluding steroid dienone is 4. The lowest BCUT2D eigenvalue weighted by Crippen LogP contribution is -2.23. The zero-order valence-electron chi connectivity index (χ0n) is 7.89. The summed E-state index contributed by atoms with van der Waals surface area (Å²) in [4.78, 5) is 0. The van der Waals surface area contributed by atoms with Crippen LogP contribution in [-0.2, 0) is 0 Å². The summed E-state index contributed by atoms with van der Waals surface area (Å²) in [7, 11) is 0. The lowest BCUT2D eigenvalue weighted by Gasteiger charge is -2.32. The molecule has 0 aromatic carbocycles. The van der Waals surface area contributed by atoms with Crippen molar-refractivity contribution in [2.45, 2.75) is 27.7 Å². The molecule has 1 radical (unpaired) electrons. The molecule has 0 nitrogen and oxygen atoms in total. The van der Waals surface area contributed by atoms with E-state index in [0.717, 1.165) is 0 Å². The highest BCUT2D eigenvalue weighted by atomic mass is 14.3. The van der Waals surface area contributed by atoms with Crippen molar-refractivity contribution in [2.24, 2.45) is 11.3 Å². The highest BCUT2D eigenvalue weighted by Gasteiger charge is 2.26. The monoisotopic (exact) mass is 149 g/mol. The summed E-state index contributed by atoms with van der Waals surface area (Å²) in [6.45, 7) is 8.97. The summed E-state index contributed by atoms with van der Waals surface area (Å²) in [6.07, 6.45) is 8.95. The molecule has 0 saturated carbocycles. The van der Waals surface area contributed by atoms with Gasteiger partial charge in [-0.1, -0.05) is 44.6 Å². The number of hydrogen-bond donors (Lipinski definition) is 0. The van der Waals surface area contributed by atoms with Crippen LogP contribution in [0.2, 0.25) is 0 Å². The first kappa shape index (κ1) is 8.58. The molecule has 0 aromatic heterocycles. The second kappa shape index (κ2) is 2.84. The first-order chi connectivity index (χ1) is 5.04. The maximum Gasteiger partial charge on any atom is -0.00377 e. The Bertz CT molecular complexity index is 196. The standard InChI is InChI=1S/C11H17/c1-9(2)11(4)7-5-6-10(3)8-11/h5-9H,1-4H3. The van der Waals surface area contributed by atoms with Gasteiger partial charge in [-0.3, -0.25) is 0 Å². The molecular weight excluding hydrogens is 132 g/mol. The van der Waals surface area contributed by atoms with Crippen LogP contribution in [-0.4, -0.2) is 0 Å². The lowest BCUT2D eigenvalue weighted by molar-refractivity contribution is 0.355. The number of rotatable bonds is 1. The first-order valence-corrected chi connectivity index (χ1v) is 4.26. The highest BCUT2D eigenvalue weighted by Crippen LogP contribution is 2.36. The predicted molar refractivity (Wildman–Crippen MR) is 50.1 cm³/mol. The van der Waals surface area contributed by atoms with E-state index in [4.69, 9.17) is 0 Å². The Hall–Kier alpha value is -0.520. The Morgan fingerprint density at radius 2 is 2.00 bits per heavy atom. The molecule has 1 rings (SSSR count). The van der Waals surface area contributed by atoms with Gasteiger partial charge in [0.2, 0.25) is 0 Å². The molecule has 1 aliphatic rings. The molecule has 0 heterocycles. The minimum Gasteiger partial charge on any atom is -0.0777 e. The largest absolute Gasteiger partial charge is 0.0777 e. The Labute approximate surface area is 70.0 Å². The summed E-state index contributed by atoms with van der Waals surface area (Å²) < 4.78 is 0. The fraction of sp³-hybridized carbons (Fsp3) is 0.545. The van der Waals surface area contributed by atoms with Gasteiger partial charge in [-0.15, -0.1) is 0 Å². The second-order valence-corrected chi connectivity index (χ2v) is 3.93. The summed E-state index contributed by atoms with van der Waals surface area (Å²) in [5, 5.41) is 0. The van der Waals surface area contributed by atoms with Gasteiger partial charge in [0.25, 0.3) is 0 Å². The van der Waals surface area contributed by atoms with Crippen molar-refractivity contribution in [2.75, 3.05) is 0 Å². The van der Waals surface area contributed by atoms with E-state index in [2.05, 4.69) is 52.3 Å². The van der Waals surface area contributed by atoms with Crippen molar-refractivity contribution in [1.29, 1.82) is 0 Å². The van der Waals surface area contributed by atoms with E-state index in [1.54, 1.807) is 0 Å². The van der Waals surface area contributed by atoms with Crippen molar-refractivity contribution in [3.63, 3.8) is 0 Å². The van der Waals surface area contributed by atoms with E-state index in [-0.39, 0.29) is 5.41 Å². The van der Waals surface area contributed by atoms with Crippen LogP contribution in [0.1, 0.15) is 27.7 Å². The third kappa shape index (κ3) is 1.74. The van der Waals surface area contributed by atoms with Gasteiger partial charge in [-0.25, -0.2) is 0 Å². The van der Waals surface area contributed by atoms with Gasteiger partial charge >= 0.3 is 0 Å². The van der Waals surface area contributed by atoms with Crippen molar-refractivity contribution in [3.8, 4) is 0 Å². The predicted octanol–water partition coefficient (Wildman–Crippen LogP) is 3.37. The SMILES string of the molecule is CC1=CC=CC(C)(C(C)C)[CH]1. The van der Waals surface area contributed by atoms with Gasteiger partial charge in [0.1, 0.15) is 0 Å². The number of hydrogen-bond acceptors (Lipinski definition) is 0. The molecule has 1 unspecified atom stereocenters. The Morgan fingerprint density at radius 1 is 1.36 bits per heavy atom. The minimum absolute atomic E-state index is 0.277. The van der Waals surface area contributed by atoms with Crippen molar-refractivity contribution in [3.05, 3.63) is 30.2 Å². The molecule has 0 spiro atoms. The van der Waals surface area contributed by atoms with Crippen LogP contribution >= 0.6 is 0 Å². The summed E-state index contributed by atoms with van der Waals surface area (Å²) in [6, 6.07) is 0. The molecule has 0 bridgehead atoms. The first-order valence-electron chi connectivity index (χ1n) is 4.26. The quantitative estimate of drug-likeness (QED) is 0.536. The average Bonchev–Trinajstić information content (AvgIpc) is 1.86. The highest BCUT2D eigenvalue weighted by molar-refractivity contribution is 5.31. The van der Waals surface area contributed by atoms with Gasteiger partial charge < -0.3 is 0 Å². The van der Waals surface area contributed by atoms with Crippen LogP contribution in [0.3, 0.4) is 0 Å². The van der Waals surface area contributed by atoms with Crippen LogP contribution < -0.4 is 0 Å². The van der Waals surface area contributed by atoms with Crippen LogP contribution in [0.5, 0.6) is 0 Å². The molecule has 0 fully saturated rings. The van der Waals surface area contributed by atoms with Gasteiger partial charge in [0.05, 0.1) is 0 Å². The van der Waals surface area contributed by atoms with E-state index in [9.17, 15) is 0 Å². The maximum atomic E-state index is 2.34. The minimum atomic E-state index is 0.277. The van der Waals surface area contributed by atoms with E-state index < -0.39 is 0 Å². The fourth-order valence-corrected chi connectivity index (χ4v) is 1.35. The molecule has 61 valence electrons. The van der Waals surface area contributed by atoms with Gasteiger partial charge in [0, 0.05) is 0 Å². The summed E-state index contributed by atoms with van der Waals surface area (Å²) >= 11 is 0. The van der Waals surface area contributed by atoms with Crippen LogP contribution in [0.15, 0.2) is 23.8 Å². The van der Waals surface area contributed by atoms with Crippen molar-refractivity contribution in [1.82, 2.24) is 0 Å². The molecule has 0 aromatic rings. The van der Waals surface area contributed by atoms with Gasteiger partial charge in [-0.05, 0) is 24.7 Å². The maximum absolute atomic E-state index is 2.34. The van der Waals surface area contributed by atoms with Crippen molar-refractivity contribution >= 4 is 0 Å². The smallest absolute Gasteiger partial charge is 0.00377 e. The average molecular weight is 149 g/mol. The fourth-order valence-electron chi connectivity index (χ4n) is 1.35. The third-order valence-electron chi connectivity index (χ3n) is 2.60. The molecule has 0 amide bonds. The zero-order chi connectivity index (χ0) is 8.48. The summed E-state index contributed by atoms with van der Waals surface area (Å²) in [5.41, 5.74) is 1.66. The molecular formula is C11H17. The molecule has 0 N–H and O–H groups in total. The van der Waals surface area contributed by atoms with Crippen LogP contribution in [0.25, 0.3) is 0 Å². The zero-order valence-corrected chi connectivity index (χ0v) is 7.89. The Morgan fingerprint density at radius 3 is 2.36 bits per heavy atom. The molecule has 1 atom stereocenters. The van der Waals surface area contributed by atoms with E-state index in [1.807, 2.05) is 0 Å². The third-order valence-corrected chi connectivity index (χ3v) is 2.60. The van der Waals surface area contributed by atoms with E-state index in [1.165, 1.54) is 5.57 Å². The Kier molecular flexibility index (Phi) is 2.22. The topological polar surface area (TPSA) is 0 Å². The normalized spacial score (nSPS) is 30.8. The van der Waals surface area contributed by atoms with Gasteiger partial charge in [0.15, 0.2) is 0 Å². The molecule has 0 heteroatoms. The van der Waals surface area contributed by atoms with E-state index >= 15 is 0 Å². The lowest BCUT2D eigenvalue weighted by atomic mass is 9.72. The second-order valence-electron chi connectivity index (χ2n) is 3.93. The van der Waals surface area contributed by atoms with Crippen molar-refractivity contribution < 1.29 is 0 Å². The van der Waals surface area contributed by atoms with Gasteiger partial charge in [-0.2, -0.15) is 0 Å². The Balaban J connectivity index is 2.78. The molecule has 0 aliphatic heterocycles. The van der Waals surface area contributed by atoms with Crippen LogP contribution in [0.4, 0.5) is 0 Å². The molecule has 0 saturated heterocycles. The van der Waals surface area contributed by atoms with E-state index in [0.29, 0.717) is 5.92 Å². The molecule has 1 aliphatic carbocycles. The molecule has 11 heavy (non-hydrogen) atoms. The van der Waals surface area contributed by atoms with Crippen LogP contribution in [0, 0.1) is 17.8 Å². The summed E-state index contributed by atoms with van der Waals surface area (Å²) in [5.74, 6) is 0.683.